The number of rotatable bonds is 10. The number of aromatic nitrogens is 1. The Bertz CT molecular complexity index is 1240. The van der Waals surface area contributed by atoms with Gasteiger partial charge in [-0.15, -0.1) is 0 Å². The third-order valence-electron chi connectivity index (χ3n) is 5.44. The standard InChI is InChI=1S/C26H26ClF3N2O4/c1-4-15-9-20(16-5-7-19(28)18(27)11-16)32-23(10-15)26(2,34)14-31-25(33)17-6-8-21(22(12-17)35-3)36-13-24(29)30/h5-12,24,34H,4,13-14H2,1-3H3,(H,31,33). The third-order valence-corrected chi connectivity index (χ3v) is 5.73. The molecule has 0 aliphatic heterocycles. The summed E-state index contributed by atoms with van der Waals surface area (Å²) in [6.45, 7) is 2.47. The summed E-state index contributed by atoms with van der Waals surface area (Å²) < 4.78 is 48.6. The van der Waals surface area contributed by atoms with Crippen molar-refractivity contribution in [1.82, 2.24) is 10.3 Å². The number of nitrogens with one attached hydrogen (secondary N) is 1. The number of methoxy groups -OCH3 is 1. The Hall–Kier alpha value is -3.30. The number of carbonyl (C=O) groups is 1. The van der Waals surface area contributed by atoms with Gasteiger partial charge < -0.3 is 19.9 Å². The molecule has 6 nitrogen and oxygen atoms in total. The minimum Gasteiger partial charge on any atom is -0.493 e. The smallest absolute Gasteiger partial charge is 0.272 e. The zero-order chi connectivity index (χ0) is 26.5. The average molecular weight is 523 g/mol. The molecular weight excluding hydrogens is 497 g/mol. The van der Waals surface area contributed by atoms with Gasteiger partial charge in [0.25, 0.3) is 12.3 Å². The van der Waals surface area contributed by atoms with Gasteiger partial charge in [-0.05, 0) is 67.4 Å². The molecule has 2 aromatic carbocycles. The maximum absolute atomic E-state index is 13.6. The van der Waals surface area contributed by atoms with E-state index in [1.807, 2.05) is 13.0 Å². The number of halogens is 4. The summed E-state index contributed by atoms with van der Waals surface area (Å²) in [5, 5.41) is 13.8. The van der Waals surface area contributed by atoms with Crippen molar-refractivity contribution in [3.63, 3.8) is 0 Å². The van der Waals surface area contributed by atoms with E-state index >= 15 is 0 Å². The van der Waals surface area contributed by atoms with Crippen LogP contribution in [0.15, 0.2) is 48.5 Å². The topological polar surface area (TPSA) is 80.7 Å². The Kier molecular flexibility index (Phi) is 8.81. The summed E-state index contributed by atoms with van der Waals surface area (Å²) in [4.78, 5) is 17.3. The van der Waals surface area contributed by atoms with E-state index in [9.17, 15) is 23.1 Å². The number of pyridine rings is 1. The second-order valence-corrected chi connectivity index (χ2v) is 8.66. The number of aliphatic hydroxyl groups is 1. The van der Waals surface area contributed by atoms with Crippen LogP contribution in [0.1, 0.15) is 35.5 Å². The van der Waals surface area contributed by atoms with Gasteiger partial charge in [0, 0.05) is 11.1 Å². The van der Waals surface area contributed by atoms with Crippen LogP contribution in [0.2, 0.25) is 5.02 Å². The highest BCUT2D eigenvalue weighted by atomic mass is 35.5. The molecular formula is C26H26ClF3N2O4. The molecule has 192 valence electrons. The lowest BCUT2D eigenvalue weighted by Gasteiger charge is -2.24. The summed E-state index contributed by atoms with van der Waals surface area (Å²) in [5.74, 6) is -0.872. The van der Waals surface area contributed by atoms with E-state index in [1.165, 1.54) is 44.4 Å². The Morgan fingerprint density at radius 1 is 1.17 bits per heavy atom. The number of benzene rings is 2. The lowest BCUT2D eigenvalue weighted by Crippen LogP contribution is -2.39. The Balaban J connectivity index is 1.79. The van der Waals surface area contributed by atoms with Crippen LogP contribution < -0.4 is 14.8 Å². The zero-order valence-electron chi connectivity index (χ0n) is 19.9. The van der Waals surface area contributed by atoms with Gasteiger partial charge in [-0.3, -0.25) is 4.79 Å². The first-order valence-electron chi connectivity index (χ1n) is 11.1. The Morgan fingerprint density at radius 3 is 2.56 bits per heavy atom. The molecule has 0 bridgehead atoms. The first-order valence-corrected chi connectivity index (χ1v) is 11.5. The molecule has 0 aliphatic carbocycles. The number of hydrogen-bond acceptors (Lipinski definition) is 5. The number of ether oxygens (including phenoxy) is 2. The van der Waals surface area contributed by atoms with Crippen molar-refractivity contribution in [3.05, 3.63) is 76.2 Å². The minimum atomic E-state index is -2.65. The minimum absolute atomic E-state index is 0.0437. The molecule has 36 heavy (non-hydrogen) atoms. The summed E-state index contributed by atoms with van der Waals surface area (Å²) in [6, 6.07) is 11.9. The van der Waals surface area contributed by atoms with Crippen molar-refractivity contribution >= 4 is 17.5 Å². The molecule has 0 fully saturated rings. The number of carbonyl (C=O) groups excluding carboxylic acids is 1. The highest BCUT2D eigenvalue weighted by molar-refractivity contribution is 6.31. The van der Waals surface area contributed by atoms with Gasteiger partial charge in [0.15, 0.2) is 11.5 Å². The molecule has 3 aromatic rings. The fraction of sp³-hybridized carbons (Fsp3) is 0.308. The van der Waals surface area contributed by atoms with Gasteiger partial charge in [0.2, 0.25) is 0 Å². The molecule has 0 saturated heterocycles. The first kappa shape index (κ1) is 27.3. The molecule has 1 amide bonds. The van der Waals surface area contributed by atoms with Gasteiger partial charge in [-0.1, -0.05) is 18.5 Å². The second kappa shape index (κ2) is 11.6. The molecule has 1 atom stereocenters. The molecule has 3 rings (SSSR count). The number of nitrogens with zero attached hydrogens (tertiary/aromatic N) is 1. The van der Waals surface area contributed by atoms with Crippen LogP contribution in [0.3, 0.4) is 0 Å². The summed E-state index contributed by atoms with van der Waals surface area (Å²) >= 11 is 5.92. The number of hydrogen-bond donors (Lipinski definition) is 2. The number of alkyl halides is 2. The van der Waals surface area contributed by atoms with Gasteiger partial charge in [0.1, 0.15) is 18.0 Å². The molecule has 1 heterocycles. The van der Waals surface area contributed by atoms with Gasteiger partial charge in [0.05, 0.1) is 30.1 Å². The molecule has 1 aromatic heterocycles. The van der Waals surface area contributed by atoms with Crippen molar-refractivity contribution in [2.24, 2.45) is 0 Å². The van der Waals surface area contributed by atoms with Gasteiger partial charge >= 0.3 is 0 Å². The highest BCUT2D eigenvalue weighted by Gasteiger charge is 2.27. The normalized spacial score (nSPS) is 12.8. The van der Waals surface area contributed by atoms with E-state index in [4.69, 9.17) is 21.1 Å². The van der Waals surface area contributed by atoms with Crippen LogP contribution >= 0.6 is 11.6 Å². The number of amides is 1. The molecule has 1 unspecified atom stereocenters. The van der Waals surface area contributed by atoms with Crippen molar-refractivity contribution < 1.29 is 32.5 Å². The van der Waals surface area contributed by atoms with Crippen LogP contribution in [0.4, 0.5) is 13.2 Å². The van der Waals surface area contributed by atoms with Gasteiger partial charge in [-0.25, -0.2) is 18.2 Å². The Morgan fingerprint density at radius 2 is 1.92 bits per heavy atom. The van der Waals surface area contributed by atoms with E-state index in [1.54, 1.807) is 12.1 Å². The van der Waals surface area contributed by atoms with E-state index in [0.717, 1.165) is 5.56 Å². The molecule has 0 spiro atoms. The van der Waals surface area contributed by atoms with E-state index < -0.39 is 30.4 Å². The molecule has 0 saturated carbocycles. The maximum atomic E-state index is 13.6. The summed E-state index contributed by atoms with van der Waals surface area (Å²) in [5.41, 5.74) is 0.908. The monoisotopic (exact) mass is 522 g/mol. The molecule has 0 aliphatic rings. The average Bonchev–Trinajstić information content (AvgIpc) is 2.87. The first-order chi connectivity index (χ1) is 17.0. The lowest BCUT2D eigenvalue weighted by atomic mass is 9.97. The van der Waals surface area contributed by atoms with Gasteiger partial charge in [-0.2, -0.15) is 0 Å². The molecule has 0 radical (unpaired) electrons. The fourth-order valence-corrected chi connectivity index (χ4v) is 3.58. The summed E-state index contributed by atoms with van der Waals surface area (Å²) in [6.07, 6.45) is -2.00. The van der Waals surface area contributed by atoms with Crippen LogP contribution in [0.25, 0.3) is 11.3 Å². The quantitative estimate of drug-likeness (QED) is 0.373. The van der Waals surface area contributed by atoms with Crippen molar-refractivity contribution in [3.8, 4) is 22.8 Å². The van der Waals surface area contributed by atoms with Crippen LogP contribution in [-0.2, 0) is 12.0 Å². The van der Waals surface area contributed by atoms with E-state index in [0.29, 0.717) is 23.4 Å². The van der Waals surface area contributed by atoms with Crippen LogP contribution in [-0.4, -0.2) is 42.7 Å². The van der Waals surface area contributed by atoms with Crippen LogP contribution in [0.5, 0.6) is 11.5 Å². The lowest BCUT2D eigenvalue weighted by molar-refractivity contribution is 0.0489. The SMILES string of the molecule is CCc1cc(-c2ccc(F)c(Cl)c2)nc(C(C)(O)CNC(=O)c2ccc(OCC(F)F)c(OC)c2)c1. The fourth-order valence-electron chi connectivity index (χ4n) is 3.40. The predicted octanol–water partition coefficient (Wildman–Crippen LogP) is 5.39. The van der Waals surface area contributed by atoms with Crippen molar-refractivity contribution in [2.45, 2.75) is 32.3 Å². The summed E-state index contributed by atoms with van der Waals surface area (Å²) in [7, 11) is 1.33. The maximum Gasteiger partial charge on any atom is 0.272 e. The van der Waals surface area contributed by atoms with E-state index in [2.05, 4.69) is 10.3 Å². The van der Waals surface area contributed by atoms with E-state index in [-0.39, 0.29) is 28.6 Å². The molecule has 2 N–H and O–H groups in total. The third kappa shape index (κ3) is 6.67. The van der Waals surface area contributed by atoms with Crippen molar-refractivity contribution in [1.29, 1.82) is 0 Å². The Labute approximate surface area is 212 Å². The highest BCUT2D eigenvalue weighted by Crippen LogP contribution is 2.30. The number of aryl methyl sites for hydroxylation is 1. The van der Waals surface area contributed by atoms with Crippen LogP contribution in [0, 0.1) is 5.82 Å². The van der Waals surface area contributed by atoms with Crippen molar-refractivity contribution in [2.75, 3.05) is 20.3 Å². The second-order valence-electron chi connectivity index (χ2n) is 8.25. The zero-order valence-corrected chi connectivity index (χ0v) is 20.7. The largest absolute Gasteiger partial charge is 0.493 e. The predicted molar refractivity (Wildman–Crippen MR) is 130 cm³/mol. The molecule has 10 heteroatoms.